The van der Waals surface area contributed by atoms with E-state index in [0.717, 1.165) is 12.3 Å². The molecule has 0 fully saturated rings. The van der Waals surface area contributed by atoms with Crippen LogP contribution < -0.4 is 0 Å². The van der Waals surface area contributed by atoms with Crippen LogP contribution in [0.5, 0.6) is 0 Å². The molecule has 3 nitrogen and oxygen atoms in total. The molecule has 2 atom stereocenters. The molecule has 1 aliphatic heterocycles. The van der Waals surface area contributed by atoms with Crippen molar-refractivity contribution in [3.05, 3.63) is 0 Å². The lowest BCUT2D eigenvalue weighted by Crippen LogP contribution is -2.33. The molecule has 12 heavy (non-hydrogen) atoms. The van der Waals surface area contributed by atoms with Crippen molar-refractivity contribution < 1.29 is 4.79 Å². The van der Waals surface area contributed by atoms with Crippen LogP contribution in [0.25, 0.3) is 0 Å². The SMILES string of the molecule is CCC(C)C1=NC(C)C(=O)N1C. The van der Waals surface area contributed by atoms with Gasteiger partial charge in [-0.15, -0.1) is 0 Å². The summed E-state index contributed by atoms with van der Waals surface area (Å²) in [5.41, 5.74) is 0. The molecule has 1 heterocycles. The number of rotatable bonds is 2. The van der Waals surface area contributed by atoms with Crippen LogP contribution >= 0.6 is 0 Å². The summed E-state index contributed by atoms with van der Waals surface area (Å²) >= 11 is 0. The van der Waals surface area contributed by atoms with Crippen molar-refractivity contribution >= 4 is 11.7 Å². The van der Waals surface area contributed by atoms with Gasteiger partial charge in [0.15, 0.2) is 0 Å². The average molecular weight is 168 g/mol. The van der Waals surface area contributed by atoms with Crippen LogP contribution in [0.3, 0.4) is 0 Å². The van der Waals surface area contributed by atoms with Gasteiger partial charge in [-0.25, -0.2) is 0 Å². The second-order valence-electron chi connectivity index (χ2n) is 3.37. The van der Waals surface area contributed by atoms with E-state index in [9.17, 15) is 4.79 Å². The quantitative estimate of drug-likeness (QED) is 0.611. The molecular weight excluding hydrogens is 152 g/mol. The summed E-state index contributed by atoms with van der Waals surface area (Å²) in [5.74, 6) is 1.45. The Morgan fingerprint density at radius 2 is 2.25 bits per heavy atom. The van der Waals surface area contributed by atoms with E-state index >= 15 is 0 Å². The highest BCUT2D eigenvalue weighted by Gasteiger charge is 2.30. The van der Waals surface area contributed by atoms with E-state index < -0.39 is 0 Å². The Balaban J connectivity index is 2.79. The molecule has 0 saturated heterocycles. The van der Waals surface area contributed by atoms with Gasteiger partial charge in [0.05, 0.1) is 0 Å². The van der Waals surface area contributed by atoms with Gasteiger partial charge in [0.1, 0.15) is 11.9 Å². The third-order valence-corrected chi connectivity index (χ3v) is 2.41. The molecule has 1 rings (SSSR count). The lowest BCUT2D eigenvalue weighted by Gasteiger charge is -2.16. The molecule has 0 N–H and O–H groups in total. The van der Waals surface area contributed by atoms with Crippen molar-refractivity contribution in [3.63, 3.8) is 0 Å². The second-order valence-corrected chi connectivity index (χ2v) is 3.37. The smallest absolute Gasteiger partial charge is 0.252 e. The standard InChI is InChI=1S/C9H16N2O/c1-5-6(2)8-10-7(3)9(12)11(8)4/h6-7H,5H2,1-4H3. The number of carbonyl (C=O) groups is 1. The molecule has 68 valence electrons. The molecular formula is C9H16N2O. The fraction of sp³-hybridized carbons (Fsp3) is 0.778. The van der Waals surface area contributed by atoms with Gasteiger partial charge in [-0.1, -0.05) is 13.8 Å². The highest BCUT2D eigenvalue weighted by atomic mass is 16.2. The van der Waals surface area contributed by atoms with E-state index in [4.69, 9.17) is 0 Å². The van der Waals surface area contributed by atoms with Crippen molar-refractivity contribution in [1.82, 2.24) is 4.90 Å². The lowest BCUT2D eigenvalue weighted by atomic mass is 10.1. The zero-order valence-electron chi connectivity index (χ0n) is 8.16. The van der Waals surface area contributed by atoms with E-state index in [1.165, 1.54) is 0 Å². The Morgan fingerprint density at radius 3 is 2.58 bits per heavy atom. The summed E-state index contributed by atoms with van der Waals surface area (Å²) in [4.78, 5) is 17.3. The fourth-order valence-electron chi connectivity index (χ4n) is 1.37. The zero-order valence-corrected chi connectivity index (χ0v) is 8.16. The molecule has 0 radical (unpaired) electrons. The summed E-state index contributed by atoms with van der Waals surface area (Å²) in [7, 11) is 1.80. The van der Waals surface area contributed by atoms with Gasteiger partial charge in [0.25, 0.3) is 5.91 Å². The molecule has 1 aliphatic rings. The predicted octanol–water partition coefficient (Wildman–Crippen LogP) is 1.29. The molecule has 1 amide bonds. The number of carbonyl (C=O) groups excluding carboxylic acids is 1. The topological polar surface area (TPSA) is 32.7 Å². The van der Waals surface area contributed by atoms with Crippen LogP contribution in [0, 0.1) is 5.92 Å². The number of hydrogen-bond donors (Lipinski definition) is 0. The maximum Gasteiger partial charge on any atom is 0.252 e. The summed E-state index contributed by atoms with van der Waals surface area (Å²) in [6.07, 6.45) is 1.03. The first kappa shape index (κ1) is 9.23. The monoisotopic (exact) mass is 168 g/mol. The number of aliphatic imine (C=N–C) groups is 1. The van der Waals surface area contributed by atoms with Crippen LogP contribution in [-0.2, 0) is 4.79 Å². The van der Waals surface area contributed by atoms with E-state index in [0.29, 0.717) is 5.92 Å². The van der Waals surface area contributed by atoms with E-state index in [-0.39, 0.29) is 11.9 Å². The summed E-state index contributed by atoms with van der Waals surface area (Å²) < 4.78 is 0. The van der Waals surface area contributed by atoms with Gasteiger partial charge in [-0.2, -0.15) is 0 Å². The van der Waals surface area contributed by atoms with E-state index in [2.05, 4.69) is 18.8 Å². The maximum atomic E-state index is 11.3. The minimum Gasteiger partial charge on any atom is -0.302 e. The van der Waals surface area contributed by atoms with Crippen molar-refractivity contribution in [2.75, 3.05) is 7.05 Å². The first-order chi connectivity index (χ1) is 5.57. The van der Waals surface area contributed by atoms with Crippen LogP contribution in [0.2, 0.25) is 0 Å². The molecule has 0 spiro atoms. The largest absolute Gasteiger partial charge is 0.302 e. The third-order valence-electron chi connectivity index (χ3n) is 2.41. The third kappa shape index (κ3) is 1.36. The summed E-state index contributed by atoms with van der Waals surface area (Å²) in [6, 6.07) is -0.168. The number of amidine groups is 1. The first-order valence-corrected chi connectivity index (χ1v) is 4.43. The van der Waals surface area contributed by atoms with Crippen molar-refractivity contribution in [2.24, 2.45) is 10.9 Å². The molecule has 0 saturated carbocycles. The molecule has 2 unspecified atom stereocenters. The van der Waals surface area contributed by atoms with E-state index in [1.807, 2.05) is 6.92 Å². The lowest BCUT2D eigenvalue weighted by molar-refractivity contribution is -0.126. The van der Waals surface area contributed by atoms with Gasteiger partial charge >= 0.3 is 0 Å². The normalized spacial score (nSPS) is 26.0. The van der Waals surface area contributed by atoms with Crippen LogP contribution in [-0.4, -0.2) is 29.7 Å². The van der Waals surface area contributed by atoms with Crippen LogP contribution in [0.15, 0.2) is 4.99 Å². The van der Waals surface area contributed by atoms with Crippen LogP contribution in [0.4, 0.5) is 0 Å². The zero-order chi connectivity index (χ0) is 9.30. The molecule has 0 bridgehead atoms. The van der Waals surface area contributed by atoms with Gasteiger partial charge in [0.2, 0.25) is 0 Å². The van der Waals surface area contributed by atoms with Gasteiger partial charge in [-0.05, 0) is 13.3 Å². The second kappa shape index (κ2) is 3.25. The maximum absolute atomic E-state index is 11.3. The fourth-order valence-corrected chi connectivity index (χ4v) is 1.37. The minimum absolute atomic E-state index is 0.116. The van der Waals surface area contributed by atoms with Crippen molar-refractivity contribution in [2.45, 2.75) is 33.2 Å². The minimum atomic E-state index is -0.168. The Labute approximate surface area is 73.5 Å². The molecule has 0 aromatic carbocycles. The van der Waals surface area contributed by atoms with E-state index in [1.54, 1.807) is 11.9 Å². The average Bonchev–Trinajstić information content (AvgIpc) is 2.32. The Bertz CT molecular complexity index is 223. The summed E-state index contributed by atoms with van der Waals surface area (Å²) in [6.45, 7) is 6.04. The van der Waals surface area contributed by atoms with Gasteiger partial charge < -0.3 is 4.90 Å². The summed E-state index contributed by atoms with van der Waals surface area (Å²) in [5, 5.41) is 0. The highest BCUT2D eigenvalue weighted by molar-refractivity contribution is 6.06. The Kier molecular flexibility index (Phi) is 2.50. The first-order valence-electron chi connectivity index (χ1n) is 4.43. The number of likely N-dealkylation sites (N-methyl/N-ethyl adjacent to an activating group) is 1. The van der Waals surface area contributed by atoms with Crippen molar-refractivity contribution in [3.8, 4) is 0 Å². The van der Waals surface area contributed by atoms with Crippen molar-refractivity contribution in [1.29, 1.82) is 0 Å². The molecule has 0 aromatic rings. The Morgan fingerprint density at radius 1 is 1.67 bits per heavy atom. The Hall–Kier alpha value is -0.860. The molecule has 0 aromatic heterocycles. The molecule has 3 heteroatoms. The van der Waals surface area contributed by atoms with Crippen LogP contribution in [0.1, 0.15) is 27.2 Å². The highest BCUT2D eigenvalue weighted by Crippen LogP contribution is 2.16. The number of amides is 1. The van der Waals surface area contributed by atoms with Gasteiger partial charge in [-0.3, -0.25) is 9.79 Å². The molecule has 0 aliphatic carbocycles. The number of hydrogen-bond acceptors (Lipinski definition) is 2. The predicted molar refractivity (Wildman–Crippen MR) is 49.1 cm³/mol. The van der Waals surface area contributed by atoms with Gasteiger partial charge in [0, 0.05) is 13.0 Å². The number of nitrogens with zero attached hydrogens (tertiary/aromatic N) is 2.